The largest absolute Gasteiger partial charge is 0.394 e. The molecule has 0 saturated heterocycles. The van der Waals surface area contributed by atoms with E-state index in [0.717, 1.165) is 4.90 Å². The molecule has 18 heavy (non-hydrogen) atoms. The molecule has 1 aromatic carbocycles. The van der Waals surface area contributed by atoms with Crippen molar-refractivity contribution in [2.45, 2.75) is 19.4 Å². The van der Waals surface area contributed by atoms with Crippen LogP contribution < -0.4 is 0 Å². The lowest BCUT2D eigenvalue weighted by atomic mass is 10.0. The fourth-order valence-electron chi connectivity index (χ4n) is 1.85. The molecule has 0 atom stereocenters. The lowest BCUT2D eigenvalue weighted by Crippen LogP contribution is -2.50. The van der Waals surface area contributed by atoms with E-state index in [4.69, 9.17) is 0 Å². The zero-order valence-corrected chi connectivity index (χ0v) is 9.83. The molecule has 1 aliphatic heterocycles. The molecule has 1 aliphatic rings. The van der Waals surface area contributed by atoms with Crippen molar-refractivity contribution < 1.29 is 23.5 Å². The number of hydrogen-bond donors (Lipinski definition) is 1. The number of halogens is 2. The van der Waals surface area contributed by atoms with Crippen molar-refractivity contribution in [1.82, 2.24) is 4.90 Å². The van der Waals surface area contributed by atoms with Gasteiger partial charge in [0.1, 0.15) is 0 Å². The van der Waals surface area contributed by atoms with E-state index in [-0.39, 0.29) is 11.1 Å². The second kappa shape index (κ2) is 3.84. The first-order valence-electron chi connectivity index (χ1n) is 5.28. The third kappa shape index (κ3) is 1.60. The summed E-state index contributed by atoms with van der Waals surface area (Å²) in [5.74, 6) is -3.82. The molecule has 0 bridgehead atoms. The number of benzene rings is 1. The summed E-state index contributed by atoms with van der Waals surface area (Å²) in [6.45, 7) is 2.53. The molecule has 0 radical (unpaired) electrons. The van der Waals surface area contributed by atoms with Crippen LogP contribution in [0.3, 0.4) is 0 Å². The molecule has 2 amide bonds. The Morgan fingerprint density at radius 2 is 1.50 bits per heavy atom. The van der Waals surface area contributed by atoms with Gasteiger partial charge in [-0.1, -0.05) is 0 Å². The number of carbonyl (C=O) groups is 2. The van der Waals surface area contributed by atoms with Crippen molar-refractivity contribution >= 4 is 11.8 Å². The predicted octanol–water partition coefficient (Wildman–Crippen LogP) is 1.33. The van der Waals surface area contributed by atoms with Gasteiger partial charge in [0.2, 0.25) is 0 Å². The van der Waals surface area contributed by atoms with Gasteiger partial charge in [-0.25, -0.2) is 8.78 Å². The lowest BCUT2D eigenvalue weighted by Gasteiger charge is -2.31. The highest BCUT2D eigenvalue weighted by molar-refractivity contribution is 6.21. The molecule has 0 fully saturated rings. The summed E-state index contributed by atoms with van der Waals surface area (Å²) in [6.07, 6.45) is 0. The number of aliphatic hydroxyl groups excluding tert-OH is 1. The fourth-order valence-corrected chi connectivity index (χ4v) is 1.85. The maximum atomic E-state index is 13.1. The first kappa shape index (κ1) is 12.6. The van der Waals surface area contributed by atoms with Gasteiger partial charge in [-0.15, -0.1) is 0 Å². The Hall–Kier alpha value is -1.82. The van der Waals surface area contributed by atoms with Gasteiger partial charge < -0.3 is 5.11 Å². The van der Waals surface area contributed by atoms with Crippen molar-refractivity contribution in [3.63, 3.8) is 0 Å². The molecule has 0 aliphatic carbocycles. The zero-order valence-electron chi connectivity index (χ0n) is 9.83. The van der Waals surface area contributed by atoms with Gasteiger partial charge in [-0.05, 0) is 26.0 Å². The highest BCUT2D eigenvalue weighted by Gasteiger charge is 2.44. The molecule has 1 heterocycles. The van der Waals surface area contributed by atoms with E-state index >= 15 is 0 Å². The average Bonchev–Trinajstić information content (AvgIpc) is 2.53. The third-order valence-corrected chi connectivity index (χ3v) is 2.92. The standard InChI is InChI=1S/C12H11F2NO3/c1-12(2,5-16)15-10(17)6-3-8(13)9(14)4-7(6)11(15)18/h3-4,16H,5H2,1-2H3. The topological polar surface area (TPSA) is 57.6 Å². The Morgan fingerprint density at radius 1 is 1.11 bits per heavy atom. The maximum Gasteiger partial charge on any atom is 0.262 e. The average molecular weight is 255 g/mol. The minimum absolute atomic E-state index is 0.180. The molecular formula is C12H11F2NO3. The summed E-state index contributed by atoms with van der Waals surface area (Å²) in [5.41, 5.74) is -1.49. The summed E-state index contributed by atoms with van der Waals surface area (Å²) < 4.78 is 26.1. The molecule has 0 aromatic heterocycles. The van der Waals surface area contributed by atoms with Gasteiger partial charge in [-0.3, -0.25) is 14.5 Å². The minimum atomic E-state index is -1.18. The second-order valence-corrected chi connectivity index (χ2v) is 4.73. The molecule has 1 aromatic rings. The fraction of sp³-hybridized carbons (Fsp3) is 0.333. The van der Waals surface area contributed by atoms with Crippen LogP contribution in [0.2, 0.25) is 0 Å². The van der Waals surface area contributed by atoms with Crippen LogP contribution in [0, 0.1) is 11.6 Å². The van der Waals surface area contributed by atoms with Crippen LogP contribution in [0.25, 0.3) is 0 Å². The number of fused-ring (bicyclic) bond motifs is 1. The highest BCUT2D eigenvalue weighted by atomic mass is 19.2. The van der Waals surface area contributed by atoms with E-state index in [2.05, 4.69) is 0 Å². The molecule has 0 spiro atoms. The highest BCUT2D eigenvalue weighted by Crippen LogP contribution is 2.30. The Morgan fingerprint density at radius 3 is 1.83 bits per heavy atom. The first-order valence-corrected chi connectivity index (χ1v) is 5.28. The maximum absolute atomic E-state index is 13.1. The van der Waals surface area contributed by atoms with E-state index in [1.165, 1.54) is 13.8 Å². The predicted molar refractivity (Wildman–Crippen MR) is 58.0 cm³/mol. The number of nitrogens with zero attached hydrogens (tertiary/aromatic N) is 1. The molecule has 6 heteroatoms. The summed E-state index contributed by atoms with van der Waals surface area (Å²) in [5, 5.41) is 9.18. The summed E-state index contributed by atoms with van der Waals surface area (Å²) in [7, 11) is 0. The molecule has 2 rings (SSSR count). The zero-order chi connectivity index (χ0) is 13.7. The summed E-state index contributed by atoms with van der Waals surface area (Å²) in [4.78, 5) is 24.8. The van der Waals surface area contributed by atoms with E-state index in [1.54, 1.807) is 0 Å². The van der Waals surface area contributed by atoms with Crippen molar-refractivity contribution in [3.8, 4) is 0 Å². The molecule has 96 valence electrons. The third-order valence-electron chi connectivity index (χ3n) is 2.92. The quantitative estimate of drug-likeness (QED) is 0.811. The Balaban J connectivity index is 2.57. The van der Waals surface area contributed by atoms with Crippen LogP contribution in [0.1, 0.15) is 34.6 Å². The van der Waals surface area contributed by atoms with Crippen LogP contribution >= 0.6 is 0 Å². The van der Waals surface area contributed by atoms with Gasteiger partial charge in [0.25, 0.3) is 11.8 Å². The number of aliphatic hydroxyl groups is 1. The Labute approximate surface area is 102 Å². The smallest absolute Gasteiger partial charge is 0.262 e. The van der Waals surface area contributed by atoms with Crippen LogP contribution in [-0.4, -0.2) is 34.0 Å². The molecule has 0 saturated carbocycles. The molecule has 0 unspecified atom stereocenters. The van der Waals surface area contributed by atoms with E-state index in [1.807, 2.05) is 0 Å². The van der Waals surface area contributed by atoms with Gasteiger partial charge in [-0.2, -0.15) is 0 Å². The SMILES string of the molecule is CC(C)(CO)N1C(=O)c2cc(F)c(F)cc2C1=O. The van der Waals surface area contributed by atoms with Gasteiger partial charge >= 0.3 is 0 Å². The second-order valence-electron chi connectivity index (χ2n) is 4.73. The van der Waals surface area contributed by atoms with Gasteiger partial charge in [0.05, 0.1) is 23.3 Å². The summed E-state index contributed by atoms with van der Waals surface area (Å²) in [6, 6.07) is 1.41. The monoisotopic (exact) mass is 255 g/mol. The van der Waals surface area contributed by atoms with Crippen LogP contribution in [-0.2, 0) is 0 Å². The van der Waals surface area contributed by atoms with Crippen molar-refractivity contribution in [2.24, 2.45) is 0 Å². The lowest BCUT2D eigenvalue weighted by molar-refractivity contribution is 0.0353. The van der Waals surface area contributed by atoms with Crippen molar-refractivity contribution in [3.05, 3.63) is 34.9 Å². The van der Waals surface area contributed by atoms with E-state index < -0.39 is 35.6 Å². The van der Waals surface area contributed by atoms with Gasteiger partial charge in [0, 0.05) is 0 Å². The van der Waals surface area contributed by atoms with Crippen molar-refractivity contribution in [2.75, 3.05) is 6.61 Å². The number of rotatable bonds is 2. The number of hydrogen-bond acceptors (Lipinski definition) is 3. The van der Waals surface area contributed by atoms with Crippen LogP contribution in [0.5, 0.6) is 0 Å². The number of amides is 2. The van der Waals surface area contributed by atoms with Crippen molar-refractivity contribution in [1.29, 1.82) is 0 Å². The van der Waals surface area contributed by atoms with Crippen LogP contribution in [0.15, 0.2) is 12.1 Å². The Kier molecular flexibility index (Phi) is 2.70. The molecule has 1 N–H and O–H groups in total. The van der Waals surface area contributed by atoms with Gasteiger partial charge in [0.15, 0.2) is 11.6 Å². The van der Waals surface area contributed by atoms with E-state index in [0.29, 0.717) is 12.1 Å². The first-order chi connectivity index (χ1) is 8.29. The molecule has 4 nitrogen and oxygen atoms in total. The Bertz CT molecular complexity index is 513. The summed E-state index contributed by atoms with van der Waals surface area (Å²) >= 11 is 0. The number of carbonyl (C=O) groups excluding carboxylic acids is 2. The minimum Gasteiger partial charge on any atom is -0.394 e. The number of imide groups is 1. The molecular weight excluding hydrogens is 244 g/mol. The van der Waals surface area contributed by atoms with Crippen LogP contribution in [0.4, 0.5) is 8.78 Å². The van der Waals surface area contributed by atoms with E-state index in [9.17, 15) is 23.5 Å². The normalized spacial score (nSPS) is 15.3.